The highest BCUT2D eigenvalue weighted by Crippen LogP contribution is 2.32. The van der Waals surface area contributed by atoms with Gasteiger partial charge < -0.3 is 15.2 Å². The minimum absolute atomic E-state index is 0.0244. The molecule has 1 aromatic heterocycles. The number of rotatable bonds is 5. The molecule has 0 radical (unpaired) electrons. The van der Waals surface area contributed by atoms with Crippen molar-refractivity contribution in [2.24, 2.45) is 5.73 Å². The van der Waals surface area contributed by atoms with Crippen molar-refractivity contribution in [2.75, 3.05) is 7.11 Å². The first-order valence-corrected chi connectivity index (χ1v) is 6.93. The smallest absolute Gasteiger partial charge is 0.416 e. The number of carbonyl (C=O) groups is 1. The van der Waals surface area contributed by atoms with E-state index >= 15 is 0 Å². The van der Waals surface area contributed by atoms with Crippen LogP contribution in [0.2, 0.25) is 0 Å². The van der Waals surface area contributed by atoms with E-state index in [1.807, 2.05) is 0 Å². The molecule has 0 bridgehead atoms. The van der Waals surface area contributed by atoms with E-state index < -0.39 is 23.8 Å². The van der Waals surface area contributed by atoms with Gasteiger partial charge in [0.25, 0.3) is 0 Å². The number of nitrogens with zero attached hydrogens (tertiary/aromatic N) is 1. The van der Waals surface area contributed by atoms with Crippen molar-refractivity contribution in [3.63, 3.8) is 0 Å². The zero-order valence-corrected chi connectivity index (χ0v) is 12.7. The third-order valence-electron chi connectivity index (χ3n) is 3.14. The van der Waals surface area contributed by atoms with Crippen LogP contribution in [0.1, 0.15) is 11.1 Å². The number of nitrogens with two attached hydrogens (primary N) is 1. The molecule has 0 saturated heterocycles. The zero-order valence-electron chi connectivity index (χ0n) is 12.7. The number of benzene rings is 1. The third-order valence-corrected chi connectivity index (χ3v) is 3.14. The standard InChI is InChI=1S/C16H15F3N2O3/c1-23-15(22)13(20)7-10-5-6-14(21-9-10)24-12-4-2-3-11(8-12)16(17,18)19/h2-6,8-9,13H,7,20H2,1H3. The lowest BCUT2D eigenvalue weighted by molar-refractivity contribution is -0.142. The van der Waals surface area contributed by atoms with Gasteiger partial charge >= 0.3 is 12.1 Å². The summed E-state index contributed by atoms with van der Waals surface area (Å²) in [7, 11) is 1.24. The molecule has 5 nitrogen and oxygen atoms in total. The highest BCUT2D eigenvalue weighted by molar-refractivity contribution is 5.75. The first kappa shape index (κ1) is 17.7. The van der Waals surface area contributed by atoms with E-state index in [1.165, 1.54) is 31.5 Å². The summed E-state index contributed by atoms with van der Waals surface area (Å²) in [6.07, 6.45) is -2.78. The second-order valence-electron chi connectivity index (χ2n) is 4.97. The second-order valence-corrected chi connectivity index (χ2v) is 4.97. The minimum Gasteiger partial charge on any atom is -0.468 e. The Bertz CT molecular complexity index is 702. The first-order valence-electron chi connectivity index (χ1n) is 6.93. The van der Waals surface area contributed by atoms with Gasteiger partial charge in [0.15, 0.2) is 0 Å². The summed E-state index contributed by atoms with van der Waals surface area (Å²) in [5.74, 6) is -0.389. The SMILES string of the molecule is COC(=O)C(N)Cc1ccc(Oc2cccc(C(F)(F)F)c2)nc1. The fourth-order valence-electron chi connectivity index (χ4n) is 1.94. The normalized spacial score (nSPS) is 12.5. The Morgan fingerprint density at radius 3 is 2.62 bits per heavy atom. The Morgan fingerprint density at radius 1 is 1.29 bits per heavy atom. The van der Waals surface area contributed by atoms with E-state index in [4.69, 9.17) is 10.5 Å². The molecule has 0 amide bonds. The van der Waals surface area contributed by atoms with Crippen LogP contribution in [0.4, 0.5) is 13.2 Å². The lowest BCUT2D eigenvalue weighted by atomic mass is 10.1. The molecule has 0 spiro atoms. The summed E-state index contributed by atoms with van der Waals surface area (Å²) in [5, 5.41) is 0. The molecule has 0 fully saturated rings. The summed E-state index contributed by atoms with van der Waals surface area (Å²) in [5.41, 5.74) is 5.50. The van der Waals surface area contributed by atoms with Gasteiger partial charge in [-0.05, 0) is 30.2 Å². The Kier molecular flexibility index (Phi) is 5.40. The maximum Gasteiger partial charge on any atom is 0.416 e. The summed E-state index contributed by atoms with van der Waals surface area (Å²) in [4.78, 5) is 15.2. The molecule has 0 aliphatic rings. The summed E-state index contributed by atoms with van der Waals surface area (Å²) < 4.78 is 47.8. The van der Waals surface area contributed by atoms with Crippen molar-refractivity contribution < 1.29 is 27.4 Å². The van der Waals surface area contributed by atoms with Crippen molar-refractivity contribution in [3.05, 3.63) is 53.7 Å². The maximum atomic E-state index is 12.7. The van der Waals surface area contributed by atoms with Gasteiger partial charge in [-0.25, -0.2) is 4.98 Å². The van der Waals surface area contributed by atoms with Gasteiger partial charge in [0.2, 0.25) is 5.88 Å². The minimum atomic E-state index is -4.44. The predicted octanol–water partition coefficient (Wildman–Crippen LogP) is 2.94. The molecule has 8 heteroatoms. The van der Waals surface area contributed by atoms with E-state index in [9.17, 15) is 18.0 Å². The van der Waals surface area contributed by atoms with Crippen molar-refractivity contribution in [2.45, 2.75) is 18.6 Å². The number of halogens is 3. The fourth-order valence-corrected chi connectivity index (χ4v) is 1.94. The molecule has 0 aliphatic heterocycles. The Hall–Kier alpha value is -2.61. The largest absolute Gasteiger partial charge is 0.468 e. The van der Waals surface area contributed by atoms with Crippen LogP contribution in [0.15, 0.2) is 42.6 Å². The number of aromatic nitrogens is 1. The van der Waals surface area contributed by atoms with Crippen LogP contribution < -0.4 is 10.5 Å². The lowest BCUT2D eigenvalue weighted by Gasteiger charge is -2.11. The maximum absolute atomic E-state index is 12.7. The molecule has 1 unspecified atom stereocenters. The molecule has 1 heterocycles. The van der Waals surface area contributed by atoms with Crippen molar-refractivity contribution in [1.29, 1.82) is 0 Å². The fraction of sp³-hybridized carbons (Fsp3) is 0.250. The van der Waals surface area contributed by atoms with E-state index in [2.05, 4.69) is 9.72 Å². The number of methoxy groups -OCH3 is 1. The topological polar surface area (TPSA) is 74.4 Å². The number of alkyl halides is 3. The van der Waals surface area contributed by atoms with Gasteiger partial charge in [-0.1, -0.05) is 12.1 Å². The van der Waals surface area contributed by atoms with Crippen LogP contribution >= 0.6 is 0 Å². The number of pyridine rings is 1. The van der Waals surface area contributed by atoms with Gasteiger partial charge in [-0.2, -0.15) is 13.2 Å². The van der Waals surface area contributed by atoms with Gasteiger partial charge in [0, 0.05) is 12.3 Å². The van der Waals surface area contributed by atoms with Crippen LogP contribution in [0.25, 0.3) is 0 Å². The number of hydrogen-bond acceptors (Lipinski definition) is 5. The van der Waals surface area contributed by atoms with Crippen LogP contribution in [0.3, 0.4) is 0 Å². The Labute approximate surface area is 136 Å². The first-order chi connectivity index (χ1) is 11.3. The Morgan fingerprint density at radius 2 is 2.04 bits per heavy atom. The molecular formula is C16H15F3N2O3. The monoisotopic (exact) mass is 340 g/mol. The van der Waals surface area contributed by atoms with Crippen LogP contribution in [-0.4, -0.2) is 24.1 Å². The number of esters is 1. The summed E-state index contributed by atoms with van der Waals surface area (Å²) in [6.45, 7) is 0. The van der Waals surface area contributed by atoms with Gasteiger partial charge in [-0.3, -0.25) is 4.79 Å². The average Bonchev–Trinajstić information content (AvgIpc) is 2.55. The summed E-state index contributed by atoms with van der Waals surface area (Å²) >= 11 is 0. The van der Waals surface area contributed by atoms with Crippen LogP contribution in [0, 0.1) is 0 Å². The Balaban J connectivity index is 2.05. The number of hydrogen-bond donors (Lipinski definition) is 1. The number of carbonyl (C=O) groups excluding carboxylic acids is 1. The average molecular weight is 340 g/mol. The van der Waals surface area contributed by atoms with E-state index in [-0.39, 0.29) is 18.1 Å². The molecule has 128 valence electrons. The van der Waals surface area contributed by atoms with Gasteiger partial charge in [0.1, 0.15) is 11.8 Å². The quantitative estimate of drug-likeness (QED) is 0.847. The third kappa shape index (κ3) is 4.69. The molecular weight excluding hydrogens is 325 g/mol. The van der Waals surface area contributed by atoms with Crippen LogP contribution in [0.5, 0.6) is 11.6 Å². The van der Waals surface area contributed by atoms with E-state index in [1.54, 1.807) is 6.07 Å². The molecule has 24 heavy (non-hydrogen) atoms. The molecule has 2 N–H and O–H groups in total. The van der Waals surface area contributed by atoms with Gasteiger partial charge in [-0.15, -0.1) is 0 Å². The lowest BCUT2D eigenvalue weighted by Crippen LogP contribution is -2.33. The van der Waals surface area contributed by atoms with Crippen molar-refractivity contribution in [3.8, 4) is 11.6 Å². The highest BCUT2D eigenvalue weighted by atomic mass is 19.4. The molecule has 2 aromatic rings. The number of ether oxygens (including phenoxy) is 2. The molecule has 0 saturated carbocycles. The highest BCUT2D eigenvalue weighted by Gasteiger charge is 2.30. The second kappa shape index (κ2) is 7.31. The van der Waals surface area contributed by atoms with Crippen molar-refractivity contribution in [1.82, 2.24) is 4.98 Å². The van der Waals surface area contributed by atoms with Crippen LogP contribution in [-0.2, 0) is 22.1 Å². The van der Waals surface area contributed by atoms with E-state index in [0.717, 1.165) is 12.1 Å². The molecule has 0 aliphatic carbocycles. The van der Waals surface area contributed by atoms with Crippen molar-refractivity contribution >= 4 is 5.97 Å². The molecule has 2 rings (SSSR count). The molecule has 1 aromatic carbocycles. The van der Waals surface area contributed by atoms with Gasteiger partial charge in [0.05, 0.1) is 12.7 Å². The van der Waals surface area contributed by atoms with E-state index in [0.29, 0.717) is 5.56 Å². The zero-order chi connectivity index (χ0) is 17.7. The summed E-state index contributed by atoms with van der Waals surface area (Å²) in [6, 6.07) is 6.80. The molecule has 1 atom stereocenters. The predicted molar refractivity (Wildman–Crippen MR) is 79.5 cm³/mol.